The zero-order valence-electron chi connectivity index (χ0n) is 11.6. The molecule has 0 fully saturated rings. The zero-order valence-corrected chi connectivity index (χ0v) is 12.4. The topological polar surface area (TPSA) is 74.7 Å². The van der Waals surface area contributed by atoms with E-state index in [1.54, 1.807) is 6.07 Å². The molecule has 0 spiro atoms. The van der Waals surface area contributed by atoms with E-state index < -0.39 is 5.82 Å². The van der Waals surface area contributed by atoms with E-state index in [1.807, 2.05) is 17.6 Å². The molecular formula is C14H15FN4OS. The van der Waals surface area contributed by atoms with Crippen LogP contribution >= 0.6 is 11.8 Å². The minimum atomic E-state index is -0.511. The first-order valence-corrected chi connectivity index (χ1v) is 7.52. The van der Waals surface area contributed by atoms with Crippen LogP contribution in [0.3, 0.4) is 0 Å². The average Bonchev–Trinajstić information content (AvgIpc) is 2.89. The summed E-state index contributed by atoms with van der Waals surface area (Å²) in [7, 11) is 0. The Morgan fingerprint density at radius 1 is 1.43 bits per heavy atom. The molecule has 0 aliphatic heterocycles. The van der Waals surface area contributed by atoms with Gasteiger partial charge in [0.1, 0.15) is 18.5 Å². The second-order valence-electron chi connectivity index (χ2n) is 4.42. The van der Waals surface area contributed by atoms with E-state index in [-0.39, 0.29) is 12.2 Å². The number of nitrogens with zero attached hydrogens (tertiary/aromatic N) is 4. The molecule has 0 radical (unpaired) electrons. The van der Waals surface area contributed by atoms with Gasteiger partial charge >= 0.3 is 0 Å². The number of halogens is 1. The molecule has 2 aromatic rings. The van der Waals surface area contributed by atoms with Gasteiger partial charge in [-0.15, -0.1) is 10.2 Å². The molecule has 21 heavy (non-hydrogen) atoms. The number of aliphatic hydroxyl groups excluding tert-OH is 1. The summed E-state index contributed by atoms with van der Waals surface area (Å²) in [6.07, 6.45) is 0.910. The van der Waals surface area contributed by atoms with Crippen LogP contribution in [-0.4, -0.2) is 19.9 Å². The normalized spacial score (nSPS) is 10.6. The van der Waals surface area contributed by atoms with Gasteiger partial charge in [-0.3, -0.25) is 0 Å². The van der Waals surface area contributed by atoms with E-state index in [4.69, 9.17) is 5.26 Å². The van der Waals surface area contributed by atoms with Crippen LogP contribution in [0, 0.1) is 17.1 Å². The van der Waals surface area contributed by atoms with Gasteiger partial charge in [0.05, 0.1) is 5.56 Å². The van der Waals surface area contributed by atoms with E-state index in [1.165, 1.54) is 23.9 Å². The minimum Gasteiger partial charge on any atom is -0.388 e. The van der Waals surface area contributed by atoms with Crippen molar-refractivity contribution in [2.24, 2.45) is 0 Å². The molecule has 0 aliphatic rings. The van der Waals surface area contributed by atoms with Crippen molar-refractivity contribution >= 4 is 11.8 Å². The van der Waals surface area contributed by atoms with Gasteiger partial charge in [-0.2, -0.15) is 5.26 Å². The monoisotopic (exact) mass is 306 g/mol. The Morgan fingerprint density at radius 3 is 2.90 bits per heavy atom. The maximum absolute atomic E-state index is 13.3. The number of rotatable bonds is 6. The predicted octanol–water partition coefficient (Wildman–Crippen LogP) is 2.48. The van der Waals surface area contributed by atoms with Gasteiger partial charge in [0.25, 0.3) is 0 Å². The summed E-state index contributed by atoms with van der Waals surface area (Å²) in [5.74, 6) is 0.585. The first-order chi connectivity index (χ1) is 10.2. The molecule has 0 aliphatic carbocycles. The van der Waals surface area contributed by atoms with Gasteiger partial charge < -0.3 is 9.67 Å². The lowest BCUT2D eigenvalue weighted by Crippen LogP contribution is -2.04. The third-order valence-corrected chi connectivity index (χ3v) is 3.94. The highest BCUT2D eigenvalue weighted by atomic mass is 32.2. The molecule has 7 heteroatoms. The molecule has 5 nitrogen and oxygen atoms in total. The van der Waals surface area contributed by atoms with E-state index in [9.17, 15) is 9.50 Å². The molecule has 1 aromatic heterocycles. The molecular weight excluding hydrogens is 291 g/mol. The minimum absolute atomic E-state index is 0.0409. The second kappa shape index (κ2) is 7.20. The lowest BCUT2D eigenvalue weighted by atomic mass is 10.1. The smallest absolute Gasteiger partial charge is 0.191 e. The van der Waals surface area contributed by atoms with Crippen molar-refractivity contribution in [3.8, 4) is 6.07 Å². The molecule has 1 N–H and O–H groups in total. The summed E-state index contributed by atoms with van der Waals surface area (Å²) < 4.78 is 15.1. The van der Waals surface area contributed by atoms with Crippen molar-refractivity contribution in [1.82, 2.24) is 14.8 Å². The van der Waals surface area contributed by atoms with Gasteiger partial charge in [0.15, 0.2) is 11.0 Å². The Bertz CT molecular complexity index is 665. The number of thioether (sulfide) groups is 1. The number of aliphatic hydroxyl groups is 1. The van der Waals surface area contributed by atoms with Crippen molar-refractivity contribution in [3.05, 3.63) is 41.0 Å². The summed E-state index contributed by atoms with van der Waals surface area (Å²) in [4.78, 5) is 0. The fourth-order valence-corrected chi connectivity index (χ4v) is 2.81. The zero-order chi connectivity index (χ0) is 15.2. The van der Waals surface area contributed by atoms with Crippen molar-refractivity contribution in [2.75, 3.05) is 0 Å². The lowest BCUT2D eigenvalue weighted by Gasteiger charge is -2.07. The van der Waals surface area contributed by atoms with Crippen molar-refractivity contribution < 1.29 is 9.50 Å². The maximum atomic E-state index is 13.3. The summed E-state index contributed by atoms with van der Waals surface area (Å²) in [6, 6.07) is 6.31. The summed E-state index contributed by atoms with van der Waals surface area (Å²) >= 11 is 1.45. The third-order valence-electron chi connectivity index (χ3n) is 2.90. The molecule has 0 saturated heterocycles. The number of nitriles is 1. The van der Waals surface area contributed by atoms with Crippen molar-refractivity contribution in [3.63, 3.8) is 0 Å². The van der Waals surface area contributed by atoms with E-state index >= 15 is 0 Å². The summed E-state index contributed by atoms with van der Waals surface area (Å²) in [5, 5.41) is 26.8. The Labute approximate surface area is 126 Å². The van der Waals surface area contributed by atoms with Crippen LogP contribution in [0.4, 0.5) is 4.39 Å². The Morgan fingerprint density at radius 2 is 2.24 bits per heavy atom. The van der Waals surface area contributed by atoms with Gasteiger partial charge in [-0.1, -0.05) is 24.8 Å². The van der Waals surface area contributed by atoms with Crippen LogP contribution < -0.4 is 0 Å². The maximum Gasteiger partial charge on any atom is 0.191 e. The Balaban J connectivity index is 2.13. The molecule has 0 saturated carbocycles. The van der Waals surface area contributed by atoms with Gasteiger partial charge in [-0.25, -0.2) is 4.39 Å². The quantitative estimate of drug-likeness (QED) is 0.830. The molecule has 0 bridgehead atoms. The highest BCUT2D eigenvalue weighted by Crippen LogP contribution is 2.23. The summed E-state index contributed by atoms with van der Waals surface area (Å²) in [5.41, 5.74) is 0.883. The van der Waals surface area contributed by atoms with E-state index in [0.29, 0.717) is 16.7 Å². The van der Waals surface area contributed by atoms with Crippen LogP contribution in [0.1, 0.15) is 30.3 Å². The highest BCUT2D eigenvalue weighted by Gasteiger charge is 2.11. The molecule has 1 heterocycles. The second-order valence-corrected chi connectivity index (χ2v) is 5.37. The van der Waals surface area contributed by atoms with Crippen LogP contribution in [0.15, 0.2) is 23.4 Å². The lowest BCUT2D eigenvalue weighted by molar-refractivity contribution is 0.263. The number of hydrogen-bond acceptors (Lipinski definition) is 5. The highest BCUT2D eigenvalue weighted by molar-refractivity contribution is 7.98. The molecule has 110 valence electrons. The van der Waals surface area contributed by atoms with Crippen LogP contribution in [0.5, 0.6) is 0 Å². The fraction of sp³-hybridized carbons (Fsp3) is 0.357. The van der Waals surface area contributed by atoms with Gasteiger partial charge in [0, 0.05) is 12.3 Å². The van der Waals surface area contributed by atoms with Crippen molar-refractivity contribution in [1.29, 1.82) is 5.26 Å². The van der Waals surface area contributed by atoms with E-state index in [0.717, 1.165) is 18.5 Å². The molecule has 2 rings (SSSR count). The SMILES string of the molecule is CCCn1c(CO)nnc1SCc1ccc(F)c(C#N)c1. The molecule has 0 amide bonds. The number of benzene rings is 1. The average molecular weight is 306 g/mol. The summed E-state index contributed by atoms with van der Waals surface area (Å²) in [6.45, 7) is 2.62. The Kier molecular flexibility index (Phi) is 5.31. The van der Waals surface area contributed by atoms with Crippen LogP contribution in [-0.2, 0) is 18.9 Å². The standard InChI is InChI=1S/C14H15FN4OS/c1-2-5-19-13(8-20)17-18-14(19)21-9-10-3-4-12(15)11(6-10)7-16/h3-4,6,20H,2,5,8-9H2,1H3. The fourth-order valence-electron chi connectivity index (χ4n) is 1.89. The molecule has 0 atom stereocenters. The first kappa shape index (κ1) is 15.5. The van der Waals surface area contributed by atoms with Crippen molar-refractivity contribution in [2.45, 2.75) is 37.4 Å². The van der Waals surface area contributed by atoms with Gasteiger partial charge in [0.2, 0.25) is 0 Å². The largest absolute Gasteiger partial charge is 0.388 e. The first-order valence-electron chi connectivity index (χ1n) is 6.53. The van der Waals surface area contributed by atoms with Gasteiger partial charge in [-0.05, 0) is 24.1 Å². The molecule has 1 aromatic carbocycles. The van der Waals surface area contributed by atoms with Crippen LogP contribution in [0.2, 0.25) is 0 Å². The molecule has 0 unspecified atom stereocenters. The predicted molar refractivity (Wildman–Crippen MR) is 76.9 cm³/mol. The number of hydrogen-bond donors (Lipinski definition) is 1. The Hall–Kier alpha value is -1.91. The van der Waals surface area contributed by atoms with Crippen LogP contribution in [0.25, 0.3) is 0 Å². The van der Waals surface area contributed by atoms with E-state index in [2.05, 4.69) is 10.2 Å². The number of aromatic nitrogens is 3. The third kappa shape index (κ3) is 3.60.